The Morgan fingerprint density at radius 2 is 1.63 bits per heavy atom. The van der Waals surface area contributed by atoms with Crippen LogP contribution in [0.5, 0.6) is 5.75 Å². The van der Waals surface area contributed by atoms with Crippen LogP contribution in [-0.2, 0) is 14.8 Å². The van der Waals surface area contributed by atoms with E-state index in [0.717, 1.165) is 22.7 Å². The number of anilines is 2. The summed E-state index contributed by atoms with van der Waals surface area (Å²) < 4.78 is 60.1. The zero-order valence-corrected chi connectivity index (χ0v) is 17.6. The summed E-state index contributed by atoms with van der Waals surface area (Å²) in [7, 11) is -3.80. The van der Waals surface area contributed by atoms with Gasteiger partial charge in [-0.3, -0.25) is 9.52 Å². The van der Waals surface area contributed by atoms with Crippen LogP contribution < -0.4 is 14.8 Å². The number of benzene rings is 3. The molecule has 0 aliphatic heterocycles. The van der Waals surface area contributed by atoms with E-state index >= 15 is 0 Å². The van der Waals surface area contributed by atoms with Gasteiger partial charge in [0.25, 0.3) is 15.9 Å². The minimum Gasteiger partial charge on any atom is -0.484 e. The number of hydrogen-bond donors (Lipinski definition) is 2. The molecule has 10 heteroatoms. The van der Waals surface area contributed by atoms with E-state index in [2.05, 4.69) is 26.0 Å². The van der Waals surface area contributed by atoms with Crippen molar-refractivity contribution in [2.45, 2.75) is 4.90 Å². The standard InChI is InChI=1S/C20H15BrF2N2O4S/c21-13-1-4-15(5-2-13)25-30(27,28)17-8-6-16(7-9-17)29-12-20(26)24-19-11-14(22)3-10-18(19)23/h1-11,25H,12H2,(H,24,26). The Morgan fingerprint density at radius 1 is 0.967 bits per heavy atom. The lowest BCUT2D eigenvalue weighted by atomic mass is 10.3. The van der Waals surface area contributed by atoms with Gasteiger partial charge in [-0.2, -0.15) is 0 Å². The number of sulfonamides is 1. The van der Waals surface area contributed by atoms with Crippen LogP contribution in [0.2, 0.25) is 0 Å². The van der Waals surface area contributed by atoms with Crippen LogP contribution >= 0.6 is 15.9 Å². The average Bonchev–Trinajstić information content (AvgIpc) is 2.71. The Labute approximate surface area is 180 Å². The molecule has 1 amide bonds. The van der Waals surface area contributed by atoms with Gasteiger partial charge in [0.15, 0.2) is 6.61 Å². The zero-order valence-electron chi connectivity index (χ0n) is 15.2. The van der Waals surface area contributed by atoms with Crippen molar-refractivity contribution in [3.05, 3.63) is 82.8 Å². The van der Waals surface area contributed by atoms with Crippen molar-refractivity contribution in [1.29, 1.82) is 0 Å². The molecule has 0 aliphatic rings. The Morgan fingerprint density at radius 3 is 2.30 bits per heavy atom. The summed E-state index contributed by atoms with van der Waals surface area (Å²) in [5, 5.41) is 2.20. The van der Waals surface area contributed by atoms with Crippen molar-refractivity contribution in [3.63, 3.8) is 0 Å². The molecule has 0 aliphatic carbocycles. The summed E-state index contributed by atoms with van der Waals surface area (Å²) in [6, 6.07) is 14.7. The Hall–Kier alpha value is -2.98. The van der Waals surface area contributed by atoms with Gasteiger partial charge in [0.2, 0.25) is 0 Å². The first-order valence-corrected chi connectivity index (χ1v) is 10.8. The number of halogens is 3. The Kier molecular flexibility index (Phi) is 6.68. The molecule has 0 heterocycles. The van der Waals surface area contributed by atoms with Crippen molar-refractivity contribution in [3.8, 4) is 5.75 Å². The second kappa shape index (κ2) is 9.23. The molecule has 0 aromatic heterocycles. The maximum Gasteiger partial charge on any atom is 0.262 e. The molecule has 156 valence electrons. The van der Waals surface area contributed by atoms with Crippen LogP contribution in [0.25, 0.3) is 0 Å². The lowest BCUT2D eigenvalue weighted by Gasteiger charge is -2.10. The number of ether oxygens (including phenoxy) is 1. The lowest BCUT2D eigenvalue weighted by Crippen LogP contribution is -2.21. The quantitative estimate of drug-likeness (QED) is 0.502. The highest BCUT2D eigenvalue weighted by Gasteiger charge is 2.15. The van der Waals surface area contributed by atoms with Crippen LogP contribution in [0.15, 0.2) is 76.1 Å². The molecule has 0 fully saturated rings. The average molecular weight is 497 g/mol. The van der Waals surface area contributed by atoms with Gasteiger partial charge in [-0.1, -0.05) is 15.9 Å². The van der Waals surface area contributed by atoms with E-state index < -0.39 is 34.2 Å². The van der Waals surface area contributed by atoms with Crippen molar-refractivity contribution in [1.82, 2.24) is 0 Å². The molecule has 3 rings (SSSR count). The molecule has 0 radical (unpaired) electrons. The van der Waals surface area contributed by atoms with Crippen LogP contribution in [0.4, 0.5) is 20.2 Å². The monoisotopic (exact) mass is 496 g/mol. The van der Waals surface area contributed by atoms with E-state index in [1.165, 1.54) is 24.3 Å². The minimum absolute atomic E-state index is 0.00375. The zero-order chi connectivity index (χ0) is 21.7. The van der Waals surface area contributed by atoms with Gasteiger partial charge < -0.3 is 10.1 Å². The lowest BCUT2D eigenvalue weighted by molar-refractivity contribution is -0.118. The maximum absolute atomic E-state index is 13.5. The predicted molar refractivity (Wildman–Crippen MR) is 112 cm³/mol. The van der Waals surface area contributed by atoms with Gasteiger partial charge in [0.05, 0.1) is 10.6 Å². The molecule has 3 aromatic carbocycles. The van der Waals surface area contributed by atoms with Gasteiger partial charge in [0, 0.05) is 16.2 Å². The number of carbonyl (C=O) groups excluding carboxylic acids is 1. The number of rotatable bonds is 7. The third-order valence-corrected chi connectivity index (χ3v) is 5.73. The summed E-state index contributed by atoms with van der Waals surface area (Å²) in [6.45, 7) is -0.473. The molecule has 3 aromatic rings. The number of hydrogen-bond acceptors (Lipinski definition) is 4. The minimum atomic E-state index is -3.80. The fourth-order valence-electron chi connectivity index (χ4n) is 2.38. The molecular formula is C20H15BrF2N2O4S. The maximum atomic E-state index is 13.5. The highest BCUT2D eigenvalue weighted by Crippen LogP contribution is 2.21. The summed E-state index contributed by atoms with van der Waals surface area (Å²) in [6.07, 6.45) is 0. The molecule has 0 unspecified atom stereocenters. The molecule has 30 heavy (non-hydrogen) atoms. The van der Waals surface area contributed by atoms with E-state index in [1.807, 2.05) is 0 Å². The van der Waals surface area contributed by atoms with Gasteiger partial charge in [0.1, 0.15) is 17.4 Å². The van der Waals surface area contributed by atoms with Crippen molar-refractivity contribution in [2.75, 3.05) is 16.6 Å². The molecule has 0 bridgehead atoms. The van der Waals surface area contributed by atoms with Gasteiger partial charge in [-0.05, 0) is 60.7 Å². The fourth-order valence-corrected chi connectivity index (χ4v) is 3.70. The second-order valence-electron chi connectivity index (χ2n) is 6.04. The second-order valence-corrected chi connectivity index (χ2v) is 8.64. The smallest absolute Gasteiger partial charge is 0.262 e. The van der Waals surface area contributed by atoms with Crippen molar-refractivity contribution in [2.24, 2.45) is 0 Å². The van der Waals surface area contributed by atoms with Crippen molar-refractivity contribution < 1.29 is 26.7 Å². The molecular weight excluding hydrogens is 482 g/mol. The highest BCUT2D eigenvalue weighted by atomic mass is 79.9. The fraction of sp³-hybridized carbons (Fsp3) is 0.0500. The first-order chi connectivity index (χ1) is 14.2. The summed E-state index contributed by atoms with van der Waals surface area (Å²) in [4.78, 5) is 11.9. The predicted octanol–water partition coefficient (Wildman–Crippen LogP) is 4.55. The van der Waals surface area contributed by atoms with Crippen LogP contribution in [-0.4, -0.2) is 20.9 Å². The molecule has 0 saturated heterocycles. The molecule has 6 nitrogen and oxygen atoms in total. The van der Waals surface area contributed by atoms with Gasteiger partial charge in [-0.15, -0.1) is 0 Å². The summed E-state index contributed by atoms with van der Waals surface area (Å²) >= 11 is 3.27. The first-order valence-electron chi connectivity index (χ1n) is 8.49. The molecule has 0 spiro atoms. The number of amides is 1. The van der Waals surface area contributed by atoms with E-state index in [1.54, 1.807) is 24.3 Å². The van der Waals surface area contributed by atoms with E-state index in [9.17, 15) is 22.0 Å². The van der Waals surface area contributed by atoms with E-state index in [4.69, 9.17) is 4.74 Å². The molecule has 0 atom stereocenters. The van der Waals surface area contributed by atoms with Crippen LogP contribution in [0.3, 0.4) is 0 Å². The number of carbonyl (C=O) groups is 1. The molecule has 2 N–H and O–H groups in total. The first kappa shape index (κ1) is 21.7. The van der Waals surface area contributed by atoms with Gasteiger partial charge in [-0.25, -0.2) is 17.2 Å². The Bertz CT molecular complexity index is 1150. The Balaban J connectivity index is 1.59. The third-order valence-electron chi connectivity index (χ3n) is 3.80. The molecule has 0 saturated carbocycles. The highest BCUT2D eigenvalue weighted by molar-refractivity contribution is 9.10. The third kappa shape index (κ3) is 5.77. The summed E-state index contributed by atoms with van der Waals surface area (Å²) in [5.74, 6) is -1.95. The largest absolute Gasteiger partial charge is 0.484 e. The SMILES string of the molecule is O=C(COc1ccc(S(=O)(=O)Nc2ccc(Br)cc2)cc1)Nc1cc(F)ccc1F. The normalized spacial score (nSPS) is 11.0. The van der Waals surface area contributed by atoms with E-state index in [0.29, 0.717) is 5.69 Å². The van der Waals surface area contributed by atoms with E-state index in [-0.39, 0.29) is 16.3 Å². The van der Waals surface area contributed by atoms with Crippen LogP contribution in [0.1, 0.15) is 0 Å². The van der Waals surface area contributed by atoms with Gasteiger partial charge >= 0.3 is 0 Å². The topological polar surface area (TPSA) is 84.5 Å². The number of nitrogens with one attached hydrogen (secondary N) is 2. The van der Waals surface area contributed by atoms with Crippen molar-refractivity contribution >= 4 is 43.2 Å². The van der Waals surface area contributed by atoms with Crippen LogP contribution in [0, 0.1) is 11.6 Å². The summed E-state index contributed by atoms with van der Waals surface area (Å²) in [5.41, 5.74) is 0.101.